The molecule has 0 aliphatic rings. The minimum atomic E-state index is 0.103. The molecule has 0 saturated carbocycles. The SMILES string of the molecule is Cc1nc2cc(-c3cn(C)c(CCO)n3)ccc2o1. The zero-order chi connectivity index (χ0) is 13.4. The third-order valence-electron chi connectivity index (χ3n) is 3.10. The number of imidazole rings is 1. The Morgan fingerprint density at radius 2 is 2.16 bits per heavy atom. The van der Waals surface area contributed by atoms with Crippen molar-refractivity contribution in [3.05, 3.63) is 36.1 Å². The summed E-state index contributed by atoms with van der Waals surface area (Å²) < 4.78 is 7.39. The van der Waals surface area contributed by atoms with E-state index < -0.39 is 0 Å². The molecule has 0 unspecified atom stereocenters. The van der Waals surface area contributed by atoms with E-state index in [0.717, 1.165) is 28.2 Å². The van der Waals surface area contributed by atoms with Gasteiger partial charge in [-0.25, -0.2) is 9.97 Å². The van der Waals surface area contributed by atoms with Crippen molar-refractivity contribution in [3.63, 3.8) is 0 Å². The van der Waals surface area contributed by atoms with Crippen LogP contribution in [0, 0.1) is 6.92 Å². The molecule has 5 heteroatoms. The largest absolute Gasteiger partial charge is 0.441 e. The van der Waals surface area contributed by atoms with E-state index in [0.29, 0.717) is 12.3 Å². The lowest BCUT2D eigenvalue weighted by Crippen LogP contribution is -1.99. The Labute approximate surface area is 110 Å². The molecule has 2 heterocycles. The molecule has 0 aliphatic carbocycles. The molecule has 19 heavy (non-hydrogen) atoms. The van der Waals surface area contributed by atoms with Crippen LogP contribution in [-0.4, -0.2) is 26.2 Å². The summed E-state index contributed by atoms with van der Waals surface area (Å²) in [7, 11) is 1.93. The Balaban J connectivity index is 2.05. The lowest BCUT2D eigenvalue weighted by Gasteiger charge is -1.95. The van der Waals surface area contributed by atoms with E-state index >= 15 is 0 Å². The van der Waals surface area contributed by atoms with Crippen LogP contribution in [0.4, 0.5) is 0 Å². The first-order valence-electron chi connectivity index (χ1n) is 6.18. The topological polar surface area (TPSA) is 64.1 Å². The summed E-state index contributed by atoms with van der Waals surface area (Å²) in [6.07, 6.45) is 2.51. The van der Waals surface area contributed by atoms with Crippen LogP contribution in [0.5, 0.6) is 0 Å². The molecule has 0 fully saturated rings. The van der Waals surface area contributed by atoms with Gasteiger partial charge in [0.2, 0.25) is 0 Å². The fourth-order valence-corrected chi connectivity index (χ4v) is 2.18. The third kappa shape index (κ3) is 2.13. The first-order valence-corrected chi connectivity index (χ1v) is 6.18. The average molecular weight is 257 g/mol. The normalized spacial score (nSPS) is 11.3. The van der Waals surface area contributed by atoms with Crippen LogP contribution in [0.25, 0.3) is 22.4 Å². The lowest BCUT2D eigenvalue weighted by atomic mass is 10.1. The minimum absolute atomic E-state index is 0.103. The van der Waals surface area contributed by atoms with Gasteiger partial charge in [0, 0.05) is 32.2 Å². The second-order valence-electron chi connectivity index (χ2n) is 4.54. The van der Waals surface area contributed by atoms with Crippen LogP contribution >= 0.6 is 0 Å². The molecule has 0 saturated heterocycles. The van der Waals surface area contributed by atoms with E-state index in [2.05, 4.69) is 9.97 Å². The summed E-state index contributed by atoms with van der Waals surface area (Å²) in [4.78, 5) is 8.85. The standard InChI is InChI=1S/C14H15N3O2/c1-9-15-11-7-10(3-4-13(11)19-9)12-8-17(2)14(16-12)5-6-18/h3-4,7-8,18H,5-6H2,1-2H3. The zero-order valence-electron chi connectivity index (χ0n) is 10.9. The Kier molecular flexibility index (Phi) is 2.83. The van der Waals surface area contributed by atoms with Crippen LogP contribution in [-0.2, 0) is 13.5 Å². The predicted octanol–water partition coefficient (Wildman–Crippen LogP) is 2.07. The monoisotopic (exact) mass is 257 g/mol. The molecule has 1 aromatic carbocycles. The van der Waals surface area contributed by atoms with E-state index in [-0.39, 0.29) is 6.61 Å². The highest BCUT2D eigenvalue weighted by Crippen LogP contribution is 2.24. The van der Waals surface area contributed by atoms with Crippen molar-refractivity contribution in [2.45, 2.75) is 13.3 Å². The molecular weight excluding hydrogens is 242 g/mol. The summed E-state index contributed by atoms with van der Waals surface area (Å²) in [5.41, 5.74) is 3.51. The van der Waals surface area contributed by atoms with Gasteiger partial charge in [-0.1, -0.05) is 0 Å². The summed E-state index contributed by atoms with van der Waals surface area (Å²) in [6, 6.07) is 5.85. The summed E-state index contributed by atoms with van der Waals surface area (Å²) in [5.74, 6) is 1.53. The molecule has 0 spiro atoms. The van der Waals surface area contributed by atoms with Gasteiger partial charge < -0.3 is 14.1 Å². The third-order valence-corrected chi connectivity index (χ3v) is 3.10. The van der Waals surface area contributed by atoms with E-state index in [4.69, 9.17) is 9.52 Å². The second-order valence-corrected chi connectivity index (χ2v) is 4.54. The molecule has 5 nitrogen and oxygen atoms in total. The summed E-state index contributed by atoms with van der Waals surface area (Å²) >= 11 is 0. The van der Waals surface area contributed by atoms with Crippen molar-refractivity contribution >= 4 is 11.1 Å². The molecule has 0 radical (unpaired) electrons. The minimum Gasteiger partial charge on any atom is -0.441 e. The molecule has 0 amide bonds. The quantitative estimate of drug-likeness (QED) is 0.780. The number of hydrogen-bond donors (Lipinski definition) is 1. The van der Waals surface area contributed by atoms with Crippen molar-refractivity contribution in [2.75, 3.05) is 6.61 Å². The van der Waals surface area contributed by atoms with Gasteiger partial charge in [-0.2, -0.15) is 0 Å². The van der Waals surface area contributed by atoms with Crippen LogP contribution in [0.3, 0.4) is 0 Å². The van der Waals surface area contributed by atoms with E-state index in [1.165, 1.54) is 0 Å². The highest BCUT2D eigenvalue weighted by atomic mass is 16.3. The molecular formula is C14H15N3O2. The Bertz CT molecular complexity index is 727. The number of benzene rings is 1. The Hall–Kier alpha value is -2.14. The maximum Gasteiger partial charge on any atom is 0.192 e. The number of nitrogens with zero attached hydrogens (tertiary/aromatic N) is 3. The fraction of sp³-hybridized carbons (Fsp3) is 0.286. The van der Waals surface area contributed by atoms with Crippen molar-refractivity contribution in [1.82, 2.24) is 14.5 Å². The molecule has 98 valence electrons. The number of oxazole rings is 1. The van der Waals surface area contributed by atoms with E-state index in [1.54, 1.807) is 0 Å². The number of hydrogen-bond acceptors (Lipinski definition) is 4. The van der Waals surface area contributed by atoms with Crippen molar-refractivity contribution < 1.29 is 9.52 Å². The van der Waals surface area contributed by atoms with Crippen molar-refractivity contribution in [3.8, 4) is 11.3 Å². The number of rotatable bonds is 3. The number of aryl methyl sites for hydroxylation is 2. The number of aliphatic hydroxyl groups excluding tert-OH is 1. The smallest absolute Gasteiger partial charge is 0.192 e. The van der Waals surface area contributed by atoms with Gasteiger partial charge in [-0.05, 0) is 18.2 Å². The summed E-state index contributed by atoms with van der Waals surface area (Å²) in [6.45, 7) is 1.94. The van der Waals surface area contributed by atoms with Gasteiger partial charge in [-0.15, -0.1) is 0 Å². The van der Waals surface area contributed by atoms with Crippen LogP contribution < -0.4 is 0 Å². The van der Waals surface area contributed by atoms with Crippen molar-refractivity contribution in [2.24, 2.45) is 7.05 Å². The van der Waals surface area contributed by atoms with E-state index in [1.807, 2.05) is 42.9 Å². The van der Waals surface area contributed by atoms with Gasteiger partial charge in [0.15, 0.2) is 11.5 Å². The molecule has 3 aromatic rings. The zero-order valence-corrected chi connectivity index (χ0v) is 10.9. The highest BCUT2D eigenvalue weighted by Gasteiger charge is 2.09. The fourth-order valence-electron chi connectivity index (χ4n) is 2.18. The highest BCUT2D eigenvalue weighted by molar-refractivity contribution is 5.79. The predicted molar refractivity (Wildman–Crippen MR) is 71.7 cm³/mol. The maximum absolute atomic E-state index is 8.99. The Morgan fingerprint density at radius 3 is 2.95 bits per heavy atom. The number of aromatic nitrogens is 3. The van der Waals surface area contributed by atoms with Crippen LogP contribution in [0.2, 0.25) is 0 Å². The number of aliphatic hydroxyl groups is 1. The second kappa shape index (κ2) is 4.51. The molecule has 2 aromatic heterocycles. The van der Waals surface area contributed by atoms with Gasteiger partial charge in [0.25, 0.3) is 0 Å². The van der Waals surface area contributed by atoms with Gasteiger partial charge in [0.05, 0.1) is 12.3 Å². The molecule has 0 atom stereocenters. The van der Waals surface area contributed by atoms with Crippen molar-refractivity contribution in [1.29, 1.82) is 0 Å². The lowest BCUT2D eigenvalue weighted by molar-refractivity contribution is 0.295. The van der Waals surface area contributed by atoms with E-state index in [9.17, 15) is 0 Å². The molecule has 0 bridgehead atoms. The first-order chi connectivity index (χ1) is 9.17. The van der Waals surface area contributed by atoms with Crippen LogP contribution in [0.15, 0.2) is 28.8 Å². The molecule has 0 aliphatic heterocycles. The summed E-state index contributed by atoms with van der Waals surface area (Å²) in [5, 5.41) is 8.99. The van der Waals surface area contributed by atoms with Gasteiger partial charge in [-0.3, -0.25) is 0 Å². The van der Waals surface area contributed by atoms with Gasteiger partial charge in [0.1, 0.15) is 11.3 Å². The molecule has 1 N–H and O–H groups in total. The Morgan fingerprint density at radius 1 is 1.32 bits per heavy atom. The molecule has 3 rings (SSSR count). The number of fused-ring (bicyclic) bond motifs is 1. The maximum atomic E-state index is 8.99. The average Bonchev–Trinajstić information content (AvgIpc) is 2.91. The van der Waals surface area contributed by atoms with Crippen LogP contribution in [0.1, 0.15) is 11.7 Å². The first kappa shape index (κ1) is 11.9. The van der Waals surface area contributed by atoms with Gasteiger partial charge >= 0.3 is 0 Å².